The molecule has 32 heavy (non-hydrogen) atoms. The fraction of sp³-hybridized carbons (Fsp3) is 1.00. The third-order valence-corrected chi connectivity index (χ3v) is 7.88. The van der Waals surface area contributed by atoms with E-state index in [-0.39, 0.29) is 0 Å². The number of unbranched alkanes of at least 4 members (excludes halogenated alkanes) is 16. The molecule has 0 aromatic heterocycles. The van der Waals surface area contributed by atoms with Gasteiger partial charge in [-0.25, -0.2) is 0 Å². The summed E-state index contributed by atoms with van der Waals surface area (Å²) in [5, 5.41) is 3.45. The van der Waals surface area contributed by atoms with E-state index < -0.39 is 8.03 Å². The lowest BCUT2D eigenvalue weighted by Gasteiger charge is -2.14. The van der Waals surface area contributed by atoms with Crippen molar-refractivity contribution in [1.82, 2.24) is 5.32 Å². The minimum Gasteiger partial charge on any atom is -0.330 e. The number of hydrogen-bond acceptors (Lipinski definition) is 3. The van der Waals surface area contributed by atoms with Crippen molar-refractivity contribution in [3.8, 4) is 0 Å². The Balaban J connectivity index is 3.22. The van der Waals surface area contributed by atoms with Gasteiger partial charge in [0.25, 0.3) is 0 Å². The van der Waals surface area contributed by atoms with Gasteiger partial charge in [0.2, 0.25) is 0 Å². The molecule has 0 spiro atoms. The van der Waals surface area contributed by atoms with E-state index in [0.29, 0.717) is 18.7 Å². The first kappa shape index (κ1) is 32.1. The zero-order chi connectivity index (χ0) is 23.5. The lowest BCUT2D eigenvalue weighted by Crippen LogP contribution is -2.18. The number of hydrogen-bond donors (Lipinski definition) is 1. The smallest absolute Gasteiger partial charge is 0.192 e. The average Bonchev–Trinajstić information content (AvgIpc) is 2.80. The number of nitrogens with one attached hydrogen (secondary N) is 1. The molecule has 0 aromatic rings. The largest absolute Gasteiger partial charge is 0.330 e. The van der Waals surface area contributed by atoms with Crippen molar-refractivity contribution >= 4 is 8.03 Å². The van der Waals surface area contributed by atoms with Crippen LogP contribution in [0, 0.1) is 5.92 Å². The second-order valence-electron chi connectivity index (χ2n) is 9.90. The monoisotopic (exact) mass is 473 g/mol. The van der Waals surface area contributed by atoms with Crippen LogP contribution in [0.2, 0.25) is 0 Å². The third-order valence-electron chi connectivity index (χ3n) is 6.74. The molecule has 0 radical (unpaired) electrons. The van der Waals surface area contributed by atoms with E-state index in [4.69, 9.17) is 4.52 Å². The first-order chi connectivity index (χ1) is 15.7. The molecule has 0 fully saturated rings. The van der Waals surface area contributed by atoms with Crippen LogP contribution in [0.5, 0.6) is 0 Å². The predicted molar refractivity (Wildman–Crippen MR) is 146 cm³/mol. The predicted octanol–water partition coefficient (Wildman–Crippen LogP) is 9.55. The van der Waals surface area contributed by atoms with Gasteiger partial charge >= 0.3 is 0 Å². The summed E-state index contributed by atoms with van der Waals surface area (Å²) in [5.41, 5.74) is 0. The maximum Gasteiger partial charge on any atom is 0.192 e. The van der Waals surface area contributed by atoms with Crippen LogP contribution in [0.3, 0.4) is 0 Å². The standard InChI is InChI=1S/C28H60NO2P/c1-4-7-9-10-11-12-13-14-15-16-17-18-19-20-21-22-24-29-25-26-32(30)31-27-28(6-3)23-8-5-2/h28-29,32H,4-27H2,1-3H3. The molecule has 0 saturated heterocycles. The Morgan fingerprint density at radius 2 is 1.09 bits per heavy atom. The molecule has 3 nitrogen and oxygen atoms in total. The van der Waals surface area contributed by atoms with Crippen LogP contribution >= 0.6 is 8.03 Å². The van der Waals surface area contributed by atoms with E-state index in [9.17, 15) is 4.57 Å². The summed E-state index contributed by atoms with van der Waals surface area (Å²) in [6.07, 6.45) is 28.1. The van der Waals surface area contributed by atoms with Gasteiger partial charge in [-0.3, -0.25) is 4.57 Å². The van der Waals surface area contributed by atoms with Crippen molar-refractivity contribution in [2.75, 3.05) is 25.9 Å². The van der Waals surface area contributed by atoms with Gasteiger partial charge in [-0.2, -0.15) is 0 Å². The fourth-order valence-corrected chi connectivity index (χ4v) is 5.24. The summed E-state index contributed by atoms with van der Waals surface area (Å²) < 4.78 is 17.7. The Morgan fingerprint density at radius 1 is 0.625 bits per heavy atom. The van der Waals surface area contributed by atoms with Crippen molar-refractivity contribution in [1.29, 1.82) is 0 Å². The topological polar surface area (TPSA) is 38.3 Å². The number of rotatable bonds is 27. The van der Waals surface area contributed by atoms with E-state index >= 15 is 0 Å². The minimum atomic E-state index is -1.85. The molecule has 0 aliphatic carbocycles. The summed E-state index contributed by atoms with van der Waals surface area (Å²) in [7, 11) is -1.85. The van der Waals surface area contributed by atoms with E-state index in [0.717, 1.165) is 19.5 Å². The molecule has 0 aliphatic rings. The molecule has 194 valence electrons. The summed E-state index contributed by atoms with van der Waals surface area (Å²) in [6.45, 7) is 9.30. The fourth-order valence-electron chi connectivity index (χ4n) is 4.29. The maximum absolute atomic E-state index is 12.0. The van der Waals surface area contributed by atoms with Gasteiger partial charge in [-0.1, -0.05) is 136 Å². The van der Waals surface area contributed by atoms with E-state index in [2.05, 4.69) is 26.1 Å². The quantitative estimate of drug-likeness (QED) is 0.0953. The highest BCUT2D eigenvalue weighted by molar-refractivity contribution is 7.39. The summed E-state index contributed by atoms with van der Waals surface area (Å²) in [6, 6.07) is 0. The summed E-state index contributed by atoms with van der Waals surface area (Å²) >= 11 is 0. The third kappa shape index (κ3) is 24.8. The van der Waals surface area contributed by atoms with Crippen molar-refractivity contribution in [2.45, 2.75) is 149 Å². The van der Waals surface area contributed by atoms with Crippen LogP contribution in [-0.4, -0.2) is 25.9 Å². The zero-order valence-electron chi connectivity index (χ0n) is 22.4. The van der Waals surface area contributed by atoms with E-state index in [1.807, 2.05) is 0 Å². The second kappa shape index (κ2) is 27.4. The molecule has 0 saturated carbocycles. The van der Waals surface area contributed by atoms with Crippen molar-refractivity contribution in [3.05, 3.63) is 0 Å². The average molecular weight is 474 g/mol. The van der Waals surface area contributed by atoms with Crippen LogP contribution in [0.15, 0.2) is 0 Å². The van der Waals surface area contributed by atoms with Crippen LogP contribution in [0.25, 0.3) is 0 Å². The summed E-state index contributed by atoms with van der Waals surface area (Å²) in [4.78, 5) is 0. The Hall–Kier alpha value is 0.150. The van der Waals surface area contributed by atoms with Gasteiger partial charge in [0, 0.05) is 12.7 Å². The van der Waals surface area contributed by atoms with Crippen LogP contribution < -0.4 is 5.32 Å². The highest BCUT2D eigenvalue weighted by atomic mass is 31.1. The van der Waals surface area contributed by atoms with Crippen LogP contribution in [0.4, 0.5) is 0 Å². The molecule has 0 rings (SSSR count). The Kier molecular flexibility index (Phi) is 27.5. The Bertz CT molecular complexity index is 378. The molecular formula is C28H60NO2P. The Morgan fingerprint density at radius 3 is 1.56 bits per heavy atom. The molecular weight excluding hydrogens is 413 g/mol. The molecule has 4 heteroatoms. The van der Waals surface area contributed by atoms with Gasteiger partial charge in [-0.05, 0) is 25.3 Å². The highest BCUT2D eigenvalue weighted by Crippen LogP contribution is 2.24. The van der Waals surface area contributed by atoms with Crippen molar-refractivity contribution in [3.63, 3.8) is 0 Å². The lowest BCUT2D eigenvalue weighted by molar-refractivity contribution is 0.243. The first-order valence-electron chi connectivity index (χ1n) is 14.6. The van der Waals surface area contributed by atoms with Gasteiger partial charge in [0.15, 0.2) is 8.03 Å². The van der Waals surface area contributed by atoms with Gasteiger partial charge < -0.3 is 9.84 Å². The first-order valence-corrected chi connectivity index (χ1v) is 16.1. The van der Waals surface area contributed by atoms with Crippen LogP contribution in [0.1, 0.15) is 149 Å². The summed E-state index contributed by atoms with van der Waals surface area (Å²) in [5.74, 6) is 0.585. The van der Waals surface area contributed by atoms with E-state index in [1.165, 1.54) is 122 Å². The zero-order valence-corrected chi connectivity index (χ0v) is 23.4. The molecule has 0 heterocycles. The molecule has 0 aromatic carbocycles. The normalized spacial score (nSPS) is 13.5. The van der Waals surface area contributed by atoms with Gasteiger partial charge in [-0.15, -0.1) is 0 Å². The van der Waals surface area contributed by atoms with Crippen molar-refractivity contribution in [2.24, 2.45) is 5.92 Å². The molecule has 2 atom stereocenters. The van der Waals surface area contributed by atoms with Crippen LogP contribution in [-0.2, 0) is 9.09 Å². The van der Waals surface area contributed by atoms with Gasteiger partial charge in [0.05, 0.1) is 6.61 Å². The Labute approximate surface area is 203 Å². The molecule has 0 bridgehead atoms. The lowest BCUT2D eigenvalue weighted by atomic mass is 10.0. The SMILES string of the molecule is CCCCCCCCCCCCCCCCCCNCC[PH](=O)OCC(CC)CCCC. The van der Waals surface area contributed by atoms with Gasteiger partial charge in [0.1, 0.15) is 0 Å². The molecule has 1 N–H and O–H groups in total. The highest BCUT2D eigenvalue weighted by Gasteiger charge is 2.08. The molecule has 0 aliphatic heterocycles. The van der Waals surface area contributed by atoms with E-state index in [1.54, 1.807) is 0 Å². The maximum atomic E-state index is 12.0. The second-order valence-corrected chi connectivity index (χ2v) is 11.4. The molecule has 2 unspecified atom stereocenters. The van der Waals surface area contributed by atoms with Crippen molar-refractivity contribution < 1.29 is 9.09 Å². The minimum absolute atomic E-state index is 0.585. The molecule has 0 amide bonds.